The van der Waals surface area contributed by atoms with Gasteiger partial charge in [-0.1, -0.05) is 6.92 Å². The first-order chi connectivity index (χ1) is 10.2. The summed E-state index contributed by atoms with van der Waals surface area (Å²) in [5, 5.41) is 2.93. The molecule has 0 aromatic heterocycles. The third-order valence-corrected chi connectivity index (χ3v) is 3.53. The Balaban J connectivity index is 2.20. The summed E-state index contributed by atoms with van der Waals surface area (Å²) in [7, 11) is 1.58. The number of nitrogen functional groups attached to an aromatic ring is 1. The van der Waals surface area contributed by atoms with E-state index in [1.807, 2.05) is 24.0 Å². The maximum atomic E-state index is 12.3. The highest BCUT2D eigenvalue weighted by atomic mass is 16.5. The number of methoxy groups -OCH3 is 1. The SMILES string of the molecule is CCCNC(=O)C1COCCN1c1ccc(N)c(OC)c1. The average Bonchev–Trinajstić information content (AvgIpc) is 2.53. The summed E-state index contributed by atoms with van der Waals surface area (Å²) in [5.41, 5.74) is 7.34. The Morgan fingerprint density at radius 1 is 1.57 bits per heavy atom. The molecule has 116 valence electrons. The first-order valence-corrected chi connectivity index (χ1v) is 7.23. The van der Waals surface area contributed by atoms with E-state index in [9.17, 15) is 4.79 Å². The fourth-order valence-electron chi connectivity index (χ4n) is 2.37. The summed E-state index contributed by atoms with van der Waals surface area (Å²) in [4.78, 5) is 14.3. The van der Waals surface area contributed by atoms with Crippen LogP contribution < -0.4 is 20.7 Å². The molecule has 1 aromatic rings. The first kappa shape index (κ1) is 15.4. The van der Waals surface area contributed by atoms with Gasteiger partial charge in [0.25, 0.3) is 0 Å². The van der Waals surface area contributed by atoms with Crippen molar-refractivity contribution in [3.8, 4) is 5.75 Å². The number of carbonyl (C=O) groups excluding carboxylic acids is 1. The van der Waals surface area contributed by atoms with Crippen LogP contribution in [0.2, 0.25) is 0 Å². The zero-order valence-electron chi connectivity index (χ0n) is 12.6. The second-order valence-corrected chi connectivity index (χ2v) is 5.00. The lowest BCUT2D eigenvalue weighted by molar-refractivity contribution is -0.124. The minimum Gasteiger partial charge on any atom is -0.495 e. The van der Waals surface area contributed by atoms with Crippen LogP contribution in [0.3, 0.4) is 0 Å². The highest BCUT2D eigenvalue weighted by molar-refractivity contribution is 5.86. The third kappa shape index (κ3) is 3.58. The summed E-state index contributed by atoms with van der Waals surface area (Å²) >= 11 is 0. The molecule has 6 heteroatoms. The number of hydrogen-bond donors (Lipinski definition) is 2. The second kappa shape index (κ2) is 7.17. The van der Waals surface area contributed by atoms with E-state index >= 15 is 0 Å². The Bertz CT molecular complexity index is 493. The van der Waals surface area contributed by atoms with Gasteiger partial charge in [-0.3, -0.25) is 4.79 Å². The molecule has 1 heterocycles. The highest BCUT2D eigenvalue weighted by Crippen LogP contribution is 2.29. The molecule has 1 unspecified atom stereocenters. The Labute approximate surface area is 125 Å². The van der Waals surface area contributed by atoms with Gasteiger partial charge in [-0.25, -0.2) is 0 Å². The molecule has 0 aliphatic carbocycles. The predicted molar refractivity (Wildman–Crippen MR) is 82.7 cm³/mol. The first-order valence-electron chi connectivity index (χ1n) is 7.23. The number of ether oxygens (including phenoxy) is 2. The van der Waals surface area contributed by atoms with Crippen molar-refractivity contribution in [2.75, 3.05) is 44.0 Å². The van der Waals surface area contributed by atoms with Gasteiger partial charge in [0.1, 0.15) is 11.8 Å². The topological polar surface area (TPSA) is 76.8 Å². The van der Waals surface area contributed by atoms with E-state index in [4.69, 9.17) is 15.2 Å². The lowest BCUT2D eigenvalue weighted by Crippen LogP contribution is -2.54. The Kier molecular flexibility index (Phi) is 5.27. The van der Waals surface area contributed by atoms with Crippen LogP contribution >= 0.6 is 0 Å². The van der Waals surface area contributed by atoms with Gasteiger partial charge < -0.3 is 25.4 Å². The summed E-state index contributed by atoms with van der Waals surface area (Å²) in [5.74, 6) is 0.610. The van der Waals surface area contributed by atoms with Gasteiger partial charge in [-0.15, -0.1) is 0 Å². The van der Waals surface area contributed by atoms with Crippen LogP contribution in [-0.2, 0) is 9.53 Å². The van der Waals surface area contributed by atoms with E-state index in [0.29, 0.717) is 37.7 Å². The lowest BCUT2D eigenvalue weighted by atomic mass is 10.1. The quantitative estimate of drug-likeness (QED) is 0.792. The molecule has 0 saturated carbocycles. The van der Waals surface area contributed by atoms with Gasteiger partial charge in [0, 0.05) is 24.8 Å². The number of amides is 1. The van der Waals surface area contributed by atoms with E-state index in [2.05, 4.69) is 5.32 Å². The maximum absolute atomic E-state index is 12.3. The molecule has 1 atom stereocenters. The van der Waals surface area contributed by atoms with Crippen LogP contribution in [0.4, 0.5) is 11.4 Å². The van der Waals surface area contributed by atoms with Crippen molar-refractivity contribution in [1.29, 1.82) is 0 Å². The predicted octanol–water partition coefficient (Wildman–Crippen LogP) is 1.01. The van der Waals surface area contributed by atoms with E-state index in [0.717, 1.165) is 12.1 Å². The minimum atomic E-state index is -0.321. The number of anilines is 2. The molecule has 1 saturated heterocycles. The van der Waals surface area contributed by atoms with E-state index in [1.54, 1.807) is 13.2 Å². The Morgan fingerprint density at radius 2 is 2.38 bits per heavy atom. The van der Waals surface area contributed by atoms with Crippen molar-refractivity contribution in [1.82, 2.24) is 5.32 Å². The van der Waals surface area contributed by atoms with E-state index in [1.165, 1.54) is 0 Å². The smallest absolute Gasteiger partial charge is 0.245 e. The molecule has 1 amide bonds. The zero-order chi connectivity index (χ0) is 15.2. The summed E-state index contributed by atoms with van der Waals surface area (Å²) in [6.45, 7) is 4.36. The van der Waals surface area contributed by atoms with Crippen molar-refractivity contribution in [3.05, 3.63) is 18.2 Å². The number of hydrogen-bond acceptors (Lipinski definition) is 5. The highest BCUT2D eigenvalue weighted by Gasteiger charge is 2.29. The molecule has 0 spiro atoms. The van der Waals surface area contributed by atoms with Gasteiger partial charge in [-0.05, 0) is 18.6 Å². The maximum Gasteiger partial charge on any atom is 0.245 e. The van der Waals surface area contributed by atoms with Crippen molar-refractivity contribution >= 4 is 17.3 Å². The van der Waals surface area contributed by atoms with E-state index in [-0.39, 0.29) is 11.9 Å². The molecule has 1 aliphatic heterocycles. The molecular weight excluding hydrogens is 270 g/mol. The van der Waals surface area contributed by atoms with Crippen molar-refractivity contribution < 1.29 is 14.3 Å². The van der Waals surface area contributed by atoms with Gasteiger partial charge >= 0.3 is 0 Å². The molecule has 3 N–H and O–H groups in total. The van der Waals surface area contributed by atoms with Crippen LogP contribution in [-0.4, -0.2) is 45.4 Å². The molecule has 0 radical (unpaired) electrons. The molecule has 2 rings (SSSR count). The van der Waals surface area contributed by atoms with E-state index < -0.39 is 0 Å². The van der Waals surface area contributed by atoms with Crippen LogP contribution in [0.25, 0.3) is 0 Å². The van der Waals surface area contributed by atoms with Gasteiger partial charge in [0.15, 0.2) is 0 Å². The van der Waals surface area contributed by atoms with Gasteiger partial charge in [0.2, 0.25) is 5.91 Å². The fourth-order valence-corrected chi connectivity index (χ4v) is 2.37. The average molecular weight is 293 g/mol. The van der Waals surface area contributed by atoms with Crippen LogP contribution in [0.1, 0.15) is 13.3 Å². The number of carbonyl (C=O) groups is 1. The molecule has 1 aromatic carbocycles. The molecule has 1 fully saturated rings. The number of nitrogens with zero attached hydrogens (tertiary/aromatic N) is 1. The van der Waals surface area contributed by atoms with Crippen molar-refractivity contribution in [2.24, 2.45) is 0 Å². The standard InChI is InChI=1S/C15H23N3O3/c1-3-6-17-15(19)13-10-21-8-7-18(13)11-4-5-12(16)14(9-11)20-2/h4-5,9,13H,3,6-8,10,16H2,1-2H3,(H,17,19). The number of nitrogens with two attached hydrogens (primary N) is 1. The number of rotatable bonds is 5. The lowest BCUT2D eigenvalue weighted by Gasteiger charge is -2.36. The summed E-state index contributed by atoms with van der Waals surface area (Å²) in [6.07, 6.45) is 0.912. The summed E-state index contributed by atoms with van der Waals surface area (Å²) < 4.78 is 10.7. The van der Waals surface area contributed by atoms with Crippen molar-refractivity contribution in [3.63, 3.8) is 0 Å². The normalized spacial score (nSPS) is 18.4. The second-order valence-electron chi connectivity index (χ2n) is 5.00. The number of morpholine rings is 1. The molecule has 6 nitrogen and oxygen atoms in total. The van der Waals surface area contributed by atoms with Crippen LogP contribution in [0.5, 0.6) is 5.75 Å². The van der Waals surface area contributed by atoms with Crippen LogP contribution in [0.15, 0.2) is 18.2 Å². The zero-order valence-corrected chi connectivity index (χ0v) is 12.6. The van der Waals surface area contributed by atoms with Crippen LogP contribution in [0, 0.1) is 0 Å². The molecule has 1 aliphatic rings. The largest absolute Gasteiger partial charge is 0.495 e. The third-order valence-electron chi connectivity index (χ3n) is 3.53. The minimum absolute atomic E-state index is 0.00709. The Morgan fingerprint density at radius 3 is 3.10 bits per heavy atom. The fraction of sp³-hybridized carbons (Fsp3) is 0.533. The number of nitrogens with one attached hydrogen (secondary N) is 1. The van der Waals surface area contributed by atoms with Crippen molar-refractivity contribution in [2.45, 2.75) is 19.4 Å². The van der Waals surface area contributed by atoms with Gasteiger partial charge in [-0.2, -0.15) is 0 Å². The monoisotopic (exact) mass is 293 g/mol. The van der Waals surface area contributed by atoms with Gasteiger partial charge in [0.05, 0.1) is 26.0 Å². The number of benzene rings is 1. The molecule has 0 bridgehead atoms. The Hall–Kier alpha value is -1.95. The molecule has 21 heavy (non-hydrogen) atoms. The summed E-state index contributed by atoms with van der Waals surface area (Å²) in [6, 6.07) is 5.24. The molecular formula is C15H23N3O3.